The van der Waals surface area contributed by atoms with E-state index in [4.69, 9.17) is 0 Å². The molecule has 0 atom stereocenters. The summed E-state index contributed by atoms with van der Waals surface area (Å²) >= 11 is 0. The molecule has 2 aromatic rings. The van der Waals surface area contributed by atoms with E-state index in [-0.39, 0.29) is 11.4 Å². The fraction of sp³-hybridized carbons (Fsp3) is 0.125. The topological polar surface area (TPSA) is 90.6 Å². The van der Waals surface area contributed by atoms with Crippen LogP contribution < -0.4 is 4.72 Å². The molecule has 2 heterocycles. The molecule has 0 amide bonds. The normalized spacial score (nSPS) is 11.7. The third kappa shape index (κ3) is 2.25. The minimum Gasteiger partial charge on any atom is -0.366 e. The largest absolute Gasteiger partial charge is 0.366 e. The van der Waals surface area contributed by atoms with Crippen LogP contribution in [0.15, 0.2) is 35.6 Å². The lowest BCUT2D eigenvalue weighted by molar-refractivity contribution is 0.580. The van der Waals surface area contributed by atoms with Crippen LogP contribution >= 0.6 is 0 Å². The molecule has 0 aromatic carbocycles. The highest BCUT2D eigenvalue weighted by molar-refractivity contribution is 7.89. The van der Waals surface area contributed by atoms with Crippen LogP contribution in [0.1, 0.15) is 5.69 Å². The Morgan fingerprint density at radius 3 is 2.87 bits per heavy atom. The first-order chi connectivity index (χ1) is 7.18. The summed E-state index contributed by atoms with van der Waals surface area (Å²) in [5.41, 5.74) is 0.717. The van der Waals surface area contributed by atoms with Crippen LogP contribution in [-0.2, 0) is 16.6 Å². The molecule has 0 aliphatic heterocycles. The first kappa shape index (κ1) is 9.94. The molecule has 2 aromatic heterocycles. The van der Waals surface area contributed by atoms with Crippen LogP contribution in [0.4, 0.5) is 0 Å². The van der Waals surface area contributed by atoms with Crippen LogP contribution in [-0.4, -0.2) is 23.6 Å². The number of nitrogens with one attached hydrogen (secondary N) is 3. The van der Waals surface area contributed by atoms with E-state index in [2.05, 4.69) is 19.9 Å². The average Bonchev–Trinajstić information content (AvgIpc) is 2.88. The van der Waals surface area contributed by atoms with Crippen LogP contribution in [0.25, 0.3) is 0 Å². The van der Waals surface area contributed by atoms with E-state index in [0.717, 1.165) is 0 Å². The zero-order valence-corrected chi connectivity index (χ0v) is 8.58. The Morgan fingerprint density at radius 2 is 2.27 bits per heavy atom. The summed E-state index contributed by atoms with van der Waals surface area (Å²) in [5, 5.41) is 6.39. The van der Waals surface area contributed by atoms with Gasteiger partial charge in [0.25, 0.3) is 0 Å². The number of H-pyrrole nitrogens is 2. The number of hydrogen-bond acceptors (Lipinski definition) is 3. The number of hydrogen-bond donors (Lipinski definition) is 3. The summed E-state index contributed by atoms with van der Waals surface area (Å²) in [5.74, 6) is 0. The Bertz CT molecular complexity index is 501. The third-order valence-corrected chi connectivity index (χ3v) is 3.29. The second-order valence-electron chi connectivity index (χ2n) is 2.95. The fourth-order valence-electron chi connectivity index (χ4n) is 1.11. The average molecular weight is 226 g/mol. The molecule has 80 valence electrons. The van der Waals surface area contributed by atoms with Crippen molar-refractivity contribution in [2.45, 2.75) is 11.4 Å². The first-order valence-corrected chi connectivity index (χ1v) is 5.77. The molecule has 0 radical (unpaired) electrons. The molecule has 0 saturated carbocycles. The van der Waals surface area contributed by atoms with Crippen molar-refractivity contribution in [3.05, 3.63) is 36.4 Å². The molecule has 0 fully saturated rings. The lowest BCUT2D eigenvalue weighted by atomic mass is 10.4. The van der Waals surface area contributed by atoms with Gasteiger partial charge in [-0.1, -0.05) is 0 Å². The van der Waals surface area contributed by atoms with E-state index in [0.29, 0.717) is 5.69 Å². The van der Waals surface area contributed by atoms with E-state index in [1.807, 2.05) is 0 Å². The summed E-state index contributed by atoms with van der Waals surface area (Å²) in [7, 11) is -3.42. The highest BCUT2D eigenvalue weighted by Crippen LogP contribution is 2.06. The van der Waals surface area contributed by atoms with E-state index in [1.165, 1.54) is 12.3 Å². The molecule has 0 aliphatic carbocycles. The minimum absolute atomic E-state index is 0.202. The monoisotopic (exact) mass is 226 g/mol. The summed E-state index contributed by atoms with van der Waals surface area (Å²) < 4.78 is 25.7. The number of sulfonamides is 1. The molecule has 0 bridgehead atoms. The van der Waals surface area contributed by atoms with Crippen molar-refractivity contribution >= 4 is 10.0 Å². The van der Waals surface area contributed by atoms with Crippen LogP contribution in [0.3, 0.4) is 0 Å². The molecular formula is C8H10N4O2S. The van der Waals surface area contributed by atoms with E-state index in [1.54, 1.807) is 18.5 Å². The van der Waals surface area contributed by atoms with Crippen LogP contribution in [0, 0.1) is 0 Å². The molecule has 7 heteroatoms. The van der Waals surface area contributed by atoms with Crippen LogP contribution in [0.5, 0.6) is 0 Å². The first-order valence-electron chi connectivity index (χ1n) is 4.29. The minimum atomic E-state index is -3.42. The zero-order chi connectivity index (χ0) is 10.7. The van der Waals surface area contributed by atoms with E-state index in [9.17, 15) is 8.42 Å². The van der Waals surface area contributed by atoms with Gasteiger partial charge < -0.3 is 4.98 Å². The number of nitrogens with zero attached hydrogens (tertiary/aromatic N) is 1. The lowest BCUT2D eigenvalue weighted by Crippen LogP contribution is -2.22. The Hall–Kier alpha value is -1.60. The summed E-state index contributed by atoms with van der Waals surface area (Å²) in [6.45, 7) is 0.202. The maximum atomic E-state index is 11.6. The molecule has 3 N–H and O–H groups in total. The van der Waals surface area contributed by atoms with Crippen molar-refractivity contribution in [1.82, 2.24) is 19.9 Å². The quantitative estimate of drug-likeness (QED) is 0.696. The Balaban J connectivity index is 2.06. The predicted molar refractivity (Wildman–Crippen MR) is 53.4 cm³/mol. The highest BCUT2D eigenvalue weighted by atomic mass is 32.2. The van der Waals surface area contributed by atoms with Crippen molar-refractivity contribution in [3.63, 3.8) is 0 Å². The standard InChI is InChI=1S/C8H10N4O2S/c13-15(14,8-2-3-9-6-8)11-5-7-1-4-10-12-7/h1-4,6,9,11H,5H2,(H,10,12). The van der Waals surface area contributed by atoms with Gasteiger partial charge in [-0.3, -0.25) is 5.10 Å². The van der Waals surface area contributed by atoms with Gasteiger partial charge in [-0.15, -0.1) is 0 Å². The summed E-state index contributed by atoms with van der Waals surface area (Å²) in [6.07, 6.45) is 4.56. The smallest absolute Gasteiger partial charge is 0.242 e. The van der Waals surface area contributed by atoms with Crippen molar-refractivity contribution < 1.29 is 8.42 Å². The van der Waals surface area contributed by atoms with Crippen LogP contribution in [0.2, 0.25) is 0 Å². The maximum Gasteiger partial charge on any atom is 0.242 e. The molecule has 0 saturated heterocycles. The number of aromatic nitrogens is 3. The number of rotatable bonds is 4. The van der Waals surface area contributed by atoms with Gasteiger partial charge in [-0.25, -0.2) is 13.1 Å². The zero-order valence-electron chi connectivity index (χ0n) is 7.77. The second-order valence-corrected chi connectivity index (χ2v) is 4.72. The summed E-state index contributed by atoms with van der Waals surface area (Å²) in [4.78, 5) is 2.91. The molecule has 0 spiro atoms. The number of aromatic amines is 2. The Kier molecular flexibility index (Phi) is 2.57. The molecule has 0 aliphatic rings. The SMILES string of the molecule is O=S(=O)(NCc1ccn[nH]1)c1cc[nH]c1. The highest BCUT2D eigenvalue weighted by Gasteiger charge is 2.13. The molecule has 15 heavy (non-hydrogen) atoms. The maximum absolute atomic E-state index is 11.6. The van der Waals surface area contributed by atoms with Gasteiger partial charge in [-0.2, -0.15) is 5.10 Å². The second kappa shape index (κ2) is 3.87. The lowest BCUT2D eigenvalue weighted by Gasteiger charge is -2.02. The molecule has 2 rings (SSSR count). The molecular weight excluding hydrogens is 216 g/mol. The van der Waals surface area contributed by atoms with Gasteiger partial charge in [-0.05, 0) is 12.1 Å². The van der Waals surface area contributed by atoms with Gasteiger partial charge in [0.1, 0.15) is 0 Å². The van der Waals surface area contributed by atoms with Gasteiger partial charge in [0.2, 0.25) is 10.0 Å². The summed E-state index contributed by atoms with van der Waals surface area (Å²) in [6, 6.07) is 3.20. The van der Waals surface area contributed by atoms with Crippen molar-refractivity contribution in [3.8, 4) is 0 Å². The van der Waals surface area contributed by atoms with Gasteiger partial charge in [0.05, 0.1) is 17.1 Å². The van der Waals surface area contributed by atoms with Crippen molar-refractivity contribution in [2.24, 2.45) is 0 Å². The Morgan fingerprint density at radius 1 is 1.40 bits per heavy atom. The predicted octanol–water partition coefficient (Wildman–Crippen LogP) is 0.216. The van der Waals surface area contributed by atoms with Gasteiger partial charge >= 0.3 is 0 Å². The van der Waals surface area contributed by atoms with Crippen molar-refractivity contribution in [2.75, 3.05) is 0 Å². The fourth-order valence-corrected chi connectivity index (χ4v) is 2.10. The van der Waals surface area contributed by atoms with E-state index < -0.39 is 10.0 Å². The molecule has 6 nitrogen and oxygen atoms in total. The van der Waals surface area contributed by atoms with E-state index >= 15 is 0 Å². The van der Waals surface area contributed by atoms with Gasteiger partial charge in [0.15, 0.2) is 0 Å². The van der Waals surface area contributed by atoms with Crippen molar-refractivity contribution in [1.29, 1.82) is 0 Å². The molecule has 0 unspecified atom stereocenters. The third-order valence-electron chi connectivity index (χ3n) is 1.89. The Labute approximate surface area is 86.8 Å². The van der Waals surface area contributed by atoms with Gasteiger partial charge in [0, 0.05) is 18.6 Å².